The average molecular weight is 572 g/mol. The highest BCUT2D eigenvalue weighted by Gasteiger charge is 2.50. The average Bonchev–Trinajstić information content (AvgIpc) is 3.69. The number of likely N-dealkylation sites (tertiary alicyclic amines) is 2. The third kappa shape index (κ3) is 5.01. The van der Waals surface area contributed by atoms with Crippen molar-refractivity contribution in [2.45, 2.75) is 45.3 Å². The number of piperazine rings is 1. The number of amides is 3. The fourth-order valence-electron chi connectivity index (χ4n) is 5.96. The van der Waals surface area contributed by atoms with Crippen LogP contribution in [0.15, 0.2) is 66.9 Å². The van der Waals surface area contributed by atoms with Gasteiger partial charge < -0.3 is 20.1 Å². The van der Waals surface area contributed by atoms with Crippen molar-refractivity contribution in [2.24, 2.45) is 5.41 Å². The van der Waals surface area contributed by atoms with Crippen LogP contribution in [0.3, 0.4) is 0 Å². The molecule has 2 saturated heterocycles. The Morgan fingerprint density at radius 2 is 1.71 bits per heavy atom. The molecule has 2 aliphatic rings. The predicted octanol–water partition coefficient (Wildman–Crippen LogP) is 4.78. The van der Waals surface area contributed by atoms with Crippen molar-refractivity contribution in [3.63, 3.8) is 0 Å². The molecule has 0 aliphatic carbocycles. The van der Waals surface area contributed by atoms with Gasteiger partial charge in [-0.3, -0.25) is 19.4 Å². The van der Waals surface area contributed by atoms with Gasteiger partial charge in [-0.05, 0) is 48.2 Å². The van der Waals surface area contributed by atoms with E-state index in [-0.39, 0.29) is 41.1 Å². The van der Waals surface area contributed by atoms with E-state index in [0.717, 1.165) is 0 Å². The summed E-state index contributed by atoms with van der Waals surface area (Å²) in [4.78, 5) is 51.1. The summed E-state index contributed by atoms with van der Waals surface area (Å²) < 4.78 is 27.8. The van der Waals surface area contributed by atoms with Crippen LogP contribution < -0.4 is 5.32 Å². The van der Waals surface area contributed by atoms with E-state index in [0.29, 0.717) is 41.5 Å². The summed E-state index contributed by atoms with van der Waals surface area (Å²) in [5.41, 5.74) is 1.53. The first-order valence-corrected chi connectivity index (χ1v) is 13.9. The van der Waals surface area contributed by atoms with Crippen LogP contribution in [0.1, 0.15) is 48.2 Å². The number of aromatic amines is 1. The lowest BCUT2D eigenvalue weighted by Crippen LogP contribution is -2.59. The molecule has 2 aromatic heterocycles. The van der Waals surface area contributed by atoms with Crippen LogP contribution in [-0.4, -0.2) is 68.7 Å². The molecule has 2 N–H and O–H groups in total. The minimum Gasteiger partial charge on any atom is -0.351 e. The first-order valence-electron chi connectivity index (χ1n) is 13.9. The first-order chi connectivity index (χ1) is 20.0. The van der Waals surface area contributed by atoms with E-state index < -0.39 is 23.2 Å². The molecule has 0 saturated carbocycles. The lowest BCUT2D eigenvalue weighted by Gasteiger charge is -2.39. The largest absolute Gasteiger partial charge is 0.351 e. The smallest absolute Gasteiger partial charge is 0.272 e. The second-order valence-corrected chi connectivity index (χ2v) is 12.1. The minimum absolute atomic E-state index is 0.167. The van der Waals surface area contributed by atoms with E-state index in [4.69, 9.17) is 0 Å². The first kappa shape index (κ1) is 27.6. The van der Waals surface area contributed by atoms with E-state index in [1.165, 1.54) is 24.4 Å². The van der Waals surface area contributed by atoms with Crippen molar-refractivity contribution < 1.29 is 23.2 Å². The van der Waals surface area contributed by atoms with Gasteiger partial charge in [0.25, 0.3) is 11.8 Å². The molecule has 4 aromatic rings. The van der Waals surface area contributed by atoms with Crippen LogP contribution in [0.25, 0.3) is 22.0 Å². The van der Waals surface area contributed by atoms with E-state index in [1.807, 2.05) is 20.8 Å². The number of nitrogens with one attached hydrogen (secondary N) is 2. The van der Waals surface area contributed by atoms with Crippen molar-refractivity contribution in [3.05, 3.63) is 89.9 Å². The van der Waals surface area contributed by atoms with Crippen LogP contribution >= 0.6 is 0 Å². The summed E-state index contributed by atoms with van der Waals surface area (Å²) >= 11 is 0. The van der Waals surface area contributed by atoms with E-state index >= 15 is 0 Å². The highest BCUT2D eigenvalue weighted by molar-refractivity contribution is 6.00. The van der Waals surface area contributed by atoms with Gasteiger partial charge >= 0.3 is 0 Å². The van der Waals surface area contributed by atoms with Gasteiger partial charge in [-0.15, -0.1) is 0 Å². The topological polar surface area (TPSA) is 98.4 Å². The zero-order valence-corrected chi connectivity index (χ0v) is 23.5. The van der Waals surface area contributed by atoms with Crippen LogP contribution in [0, 0.1) is 17.0 Å². The summed E-state index contributed by atoms with van der Waals surface area (Å²) in [6.45, 7) is 6.38. The number of hydrogen-bond donors (Lipinski definition) is 2. The maximum absolute atomic E-state index is 14.2. The fourth-order valence-corrected chi connectivity index (χ4v) is 5.96. The van der Waals surface area contributed by atoms with E-state index in [1.54, 1.807) is 52.3 Å². The molecule has 0 radical (unpaired) electrons. The molecule has 3 atom stereocenters. The normalized spacial score (nSPS) is 18.9. The van der Waals surface area contributed by atoms with Gasteiger partial charge in [0.1, 0.15) is 29.1 Å². The lowest BCUT2D eigenvalue weighted by molar-refractivity contribution is -0.138. The summed E-state index contributed by atoms with van der Waals surface area (Å²) in [5.74, 6) is -1.65. The molecule has 2 bridgehead atoms. The molecule has 8 nitrogen and oxygen atoms in total. The number of pyridine rings is 1. The standard InChI is InChI=1S/C32H31F2N5O3/c1-32(2,3)28(37-29(40)27-13-19-12-20(33)9-11-25(19)36-27)31(42)39-17-21-14-22(39)16-38(21)30(41)26-10-8-18(15-35-26)23-6-4-5-7-24(23)34/h4-13,15,21-22,28,36H,14,16-17H2,1-3H3,(H,37,40)/t21-,22-,28+/m0/s1. The van der Waals surface area contributed by atoms with Gasteiger partial charge in [0, 0.05) is 41.3 Å². The summed E-state index contributed by atoms with van der Waals surface area (Å²) in [5, 5.41) is 3.46. The zero-order chi connectivity index (χ0) is 29.8. The number of H-pyrrole nitrogens is 1. The van der Waals surface area contributed by atoms with Gasteiger partial charge in [0.2, 0.25) is 5.91 Å². The van der Waals surface area contributed by atoms with Crippen molar-refractivity contribution in [1.82, 2.24) is 25.1 Å². The number of nitrogens with zero attached hydrogens (tertiary/aromatic N) is 3. The van der Waals surface area contributed by atoms with Gasteiger partial charge in [-0.25, -0.2) is 8.78 Å². The molecule has 0 spiro atoms. The van der Waals surface area contributed by atoms with Crippen LogP contribution in [0.5, 0.6) is 0 Å². The summed E-state index contributed by atoms with van der Waals surface area (Å²) in [6.07, 6.45) is 2.14. The second-order valence-electron chi connectivity index (χ2n) is 12.1. The number of carbonyl (C=O) groups excluding carboxylic acids is 3. The molecular weight excluding hydrogens is 540 g/mol. The fraction of sp³-hybridized carbons (Fsp3) is 0.312. The Kier molecular flexibility index (Phi) is 6.79. The SMILES string of the molecule is CC(C)(C)[C@H](NC(=O)c1cc2cc(F)ccc2[nH]1)C(=O)N1C[C@@H]2C[C@H]1CN2C(=O)c1ccc(-c2ccccc2F)cn1. The number of halogens is 2. The number of aromatic nitrogens is 2. The minimum atomic E-state index is -0.816. The van der Waals surface area contributed by atoms with Gasteiger partial charge in [0.05, 0.1) is 12.1 Å². The Hall–Kier alpha value is -4.60. The maximum atomic E-state index is 14.2. The molecule has 216 valence electrons. The lowest BCUT2D eigenvalue weighted by atomic mass is 9.85. The van der Waals surface area contributed by atoms with Crippen molar-refractivity contribution in [1.29, 1.82) is 0 Å². The number of rotatable bonds is 5. The van der Waals surface area contributed by atoms with Gasteiger partial charge in [-0.2, -0.15) is 0 Å². The summed E-state index contributed by atoms with van der Waals surface area (Å²) in [7, 11) is 0. The molecule has 0 unspecified atom stereocenters. The molecule has 2 aliphatic heterocycles. The Labute approximate surface area is 241 Å². The monoisotopic (exact) mass is 571 g/mol. The highest BCUT2D eigenvalue weighted by atomic mass is 19.1. The Morgan fingerprint density at radius 1 is 0.976 bits per heavy atom. The van der Waals surface area contributed by atoms with Crippen molar-refractivity contribution in [2.75, 3.05) is 13.1 Å². The Morgan fingerprint density at radius 3 is 2.38 bits per heavy atom. The van der Waals surface area contributed by atoms with Crippen LogP contribution in [0.4, 0.5) is 8.78 Å². The number of carbonyl (C=O) groups is 3. The van der Waals surface area contributed by atoms with Crippen molar-refractivity contribution >= 4 is 28.6 Å². The van der Waals surface area contributed by atoms with Crippen LogP contribution in [-0.2, 0) is 4.79 Å². The molecule has 6 rings (SSSR count). The highest BCUT2D eigenvalue weighted by Crippen LogP contribution is 2.34. The molecule has 3 amide bonds. The van der Waals surface area contributed by atoms with Crippen molar-refractivity contribution in [3.8, 4) is 11.1 Å². The van der Waals surface area contributed by atoms with Gasteiger partial charge in [-0.1, -0.05) is 45.0 Å². The van der Waals surface area contributed by atoms with E-state index in [2.05, 4.69) is 15.3 Å². The third-order valence-corrected chi connectivity index (χ3v) is 8.17. The molecular formula is C32H31F2N5O3. The Bertz CT molecular complexity index is 1690. The quantitative estimate of drug-likeness (QED) is 0.360. The number of hydrogen-bond acceptors (Lipinski definition) is 4. The molecule has 42 heavy (non-hydrogen) atoms. The van der Waals surface area contributed by atoms with E-state index in [9.17, 15) is 23.2 Å². The van der Waals surface area contributed by atoms with Gasteiger partial charge in [0.15, 0.2) is 0 Å². The molecule has 2 fully saturated rings. The molecule has 4 heterocycles. The van der Waals surface area contributed by atoms with Crippen LogP contribution in [0.2, 0.25) is 0 Å². The predicted molar refractivity (Wildman–Crippen MR) is 154 cm³/mol. The number of fused-ring (bicyclic) bond motifs is 3. The molecule has 10 heteroatoms. The zero-order valence-electron chi connectivity index (χ0n) is 23.5. The maximum Gasteiger partial charge on any atom is 0.272 e. The Balaban J connectivity index is 1.13. The second kappa shape index (κ2) is 10.3. The third-order valence-electron chi connectivity index (χ3n) is 8.17. The number of benzene rings is 2. The summed E-state index contributed by atoms with van der Waals surface area (Å²) in [6, 6.07) is 14.3. The molecule has 2 aromatic carbocycles.